The molecule has 0 heterocycles. The van der Waals surface area contributed by atoms with E-state index in [1.807, 2.05) is 0 Å². The zero-order chi connectivity index (χ0) is 6.85. The molecule has 0 fully saturated rings. The summed E-state index contributed by atoms with van der Waals surface area (Å²) in [4.78, 5) is 0. The Balaban J connectivity index is 3.17. The van der Waals surface area contributed by atoms with Gasteiger partial charge >= 0.3 is 0 Å². The zero-order valence-corrected chi connectivity index (χ0v) is 5.65. The highest BCUT2D eigenvalue weighted by Crippen LogP contribution is 2.16. The van der Waals surface area contributed by atoms with Crippen LogP contribution in [-0.2, 0) is 0 Å². The normalized spacial score (nSPS) is 9.56. The Morgan fingerprint density at radius 3 is 2.56 bits per heavy atom. The summed E-state index contributed by atoms with van der Waals surface area (Å²) in [5.41, 5.74) is 6.90. The lowest BCUT2D eigenvalue weighted by Crippen LogP contribution is -1.84. The molecular formula is C7H7ClN. The predicted molar refractivity (Wildman–Crippen MR) is 40.3 cm³/mol. The maximum atomic E-state index is 5.66. The fourth-order valence-corrected chi connectivity index (χ4v) is 0.712. The highest BCUT2D eigenvalue weighted by Gasteiger charge is 1.91. The van der Waals surface area contributed by atoms with Crippen LogP contribution in [-0.4, -0.2) is 0 Å². The van der Waals surface area contributed by atoms with Gasteiger partial charge < -0.3 is 5.73 Å². The predicted octanol–water partition coefficient (Wildman–Crippen LogP) is 2.10. The van der Waals surface area contributed by atoms with Gasteiger partial charge in [0, 0.05) is 10.7 Å². The highest BCUT2D eigenvalue weighted by molar-refractivity contribution is 6.31. The molecule has 1 aromatic carbocycles. The molecule has 0 spiro atoms. The first-order valence-electron chi connectivity index (χ1n) is 2.57. The Morgan fingerprint density at radius 1 is 1.44 bits per heavy atom. The maximum absolute atomic E-state index is 5.66. The third-order valence-electron chi connectivity index (χ3n) is 1.07. The molecule has 0 aliphatic heterocycles. The molecule has 0 aliphatic carbocycles. The van der Waals surface area contributed by atoms with Gasteiger partial charge in [-0.2, -0.15) is 0 Å². The molecule has 0 bridgehead atoms. The van der Waals surface area contributed by atoms with Crippen molar-refractivity contribution in [2.75, 3.05) is 5.73 Å². The summed E-state index contributed by atoms with van der Waals surface area (Å²) < 4.78 is 0. The van der Waals surface area contributed by atoms with E-state index in [4.69, 9.17) is 17.3 Å². The first-order chi connectivity index (χ1) is 4.20. The molecule has 0 saturated carbocycles. The van der Waals surface area contributed by atoms with Crippen molar-refractivity contribution in [3.05, 3.63) is 35.7 Å². The molecule has 47 valence electrons. The van der Waals surface area contributed by atoms with Gasteiger partial charge in [0.05, 0.1) is 0 Å². The fourth-order valence-electron chi connectivity index (χ4n) is 0.595. The molecule has 1 radical (unpaired) electrons. The summed E-state index contributed by atoms with van der Waals surface area (Å²) in [6.45, 7) is 3.67. The highest BCUT2D eigenvalue weighted by atomic mass is 35.5. The van der Waals surface area contributed by atoms with Gasteiger partial charge in [0.25, 0.3) is 0 Å². The van der Waals surface area contributed by atoms with E-state index in [9.17, 15) is 0 Å². The molecule has 2 N–H and O–H groups in total. The van der Waals surface area contributed by atoms with Crippen LogP contribution in [0.1, 0.15) is 5.56 Å². The van der Waals surface area contributed by atoms with Gasteiger partial charge in [-0.25, -0.2) is 0 Å². The van der Waals surface area contributed by atoms with Crippen LogP contribution in [0.4, 0.5) is 5.69 Å². The topological polar surface area (TPSA) is 26.0 Å². The van der Waals surface area contributed by atoms with Gasteiger partial charge in [-0.1, -0.05) is 11.6 Å². The van der Waals surface area contributed by atoms with Crippen molar-refractivity contribution in [1.29, 1.82) is 0 Å². The van der Waals surface area contributed by atoms with Gasteiger partial charge in [-0.05, 0) is 30.7 Å². The maximum Gasteiger partial charge on any atom is 0.0439 e. The standard InChI is InChI=1S/C7H7ClN/c1-5-4-6(9)2-3-7(5)8/h2-4H,1,9H2. The van der Waals surface area contributed by atoms with Crippen molar-refractivity contribution >= 4 is 17.3 Å². The molecule has 0 unspecified atom stereocenters. The second kappa shape index (κ2) is 2.28. The van der Waals surface area contributed by atoms with Gasteiger partial charge in [-0.15, -0.1) is 0 Å². The van der Waals surface area contributed by atoms with Crippen molar-refractivity contribution in [2.24, 2.45) is 0 Å². The first kappa shape index (κ1) is 6.43. The van der Waals surface area contributed by atoms with E-state index >= 15 is 0 Å². The van der Waals surface area contributed by atoms with Gasteiger partial charge in [-0.3, -0.25) is 0 Å². The van der Waals surface area contributed by atoms with Crippen LogP contribution in [0.15, 0.2) is 18.2 Å². The zero-order valence-electron chi connectivity index (χ0n) is 4.89. The minimum absolute atomic E-state index is 0.657. The Labute approximate surface area is 59.4 Å². The molecule has 2 heteroatoms. The molecule has 0 aromatic heterocycles. The number of hydrogen-bond acceptors (Lipinski definition) is 1. The molecule has 0 saturated heterocycles. The van der Waals surface area contributed by atoms with E-state index in [0.29, 0.717) is 10.7 Å². The van der Waals surface area contributed by atoms with Crippen LogP contribution < -0.4 is 5.73 Å². The van der Waals surface area contributed by atoms with Crippen LogP contribution >= 0.6 is 11.6 Å². The summed E-state index contributed by atoms with van der Waals surface area (Å²) in [5, 5.41) is 0.657. The smallest absolute Gasteiger partial charge is 0.0439 e. The van der Waals surface area contributed by atoms with E-state index in [2.05, 4.69) is 6.92 Å². The summed E-state index contributed by atoms with van der Waals surface area (Å²) in [6.07, 6.45) is 0. The first-order valence-corrected chi connectivity index (χ1v) is 2.95. The Bertz CT molecular complexity index is 220. The van der Waals surface area contributed by atoms with Crippen molar-refractivity contribution in [2.45, 2.75) is 0 Å². The van der Waals surface area contributed by atoms with Crippen LogP contribution in [0.5, 0.6) is 0 Å². The molecule has 0 aliphatic rings. The second-order valence-electron chi connectivity index (χ2n) is 1.85. The average Bonchev–Trinajstić information content (AvgIpc) is 1.80. The Morgan fingerprint density at radius 2 is 2.11 bits per heavy atom. The molecule has 9 heavy (non-hydrogen) atoms. The number of nitrogen functional groups attached to an aromatic ring is 1. The minimum Gasteiger partial charge on any atom is -0.399 e. The molecule has 1 nitrogen and oxygen atoms in total. The van der Waals surface area contributed by atoms with Gasteiger partial charge in [0.15, 0.2) is 0 Å². The molecule has 0 atom stereocenters. The van der Waals surface area contributed by atoms with E-state index in [0.717, 1.165) is 5.56 Å². The van der Waals surface area contributed by atoms with Crippen molar-refractivity contribution < 1.29 is 0 Å². The van der Waals surface area contributed by atoms with Crippen LogP contribution in [0.2, 0.25) is 5.02 Å². The van der Waals surface area contributed by atoms with E-state index < -0.39 is 0 Å². The molecule has 1 rings (SSSR count). The van der Waals surface area contributed by atoms with Crippen LogP contribution in [0.25, 0.3) is 0 Å². The Hall–Kier alpha value is -0.690. The lowest BCUT2D eigenvalue weighted by atomic mass is 10.2. The number of rotatable bonds is 0. The monoisotopic (exact) mass is 140 g/mol. The summed E-state index contributed by atoms with van der Waals surface area (Å²) in [5.74, 6) is 0. The number of anilines is 1. The van der Waals surface area contributed by atoms with Crippen molar-refractivity contribution in [1.82, 2.24) is 0 Å². The number of hydrogen-bond donors (Lipinski definition) is 1. The van der Waals surface area contributed by atoms with E-state index in [1.165, 1.54) is 0 Å². The van der Waals surface area contributed by atoms with E-state index in [-0.39, 0.29) is 0 Å². The summed E-state index contributed by atoms with van der Waals surface area (Å²) in [6, 6.07) is 5.22. The van der Waals surface area contributed by atoms with Crippen LogP contribution in [0.3, 0.4) is 0 Å². The third-order valence-corrected chi connectivity index (χ3v) is 1.44. The summed E-state index contributed by atoms with van der Waals surface area (Å²) >= 11 is 5.66. The number of halogens is 1. The summed E-state index contributed by atoms with van der Waals surface area (Å²) in [7, 11) is 0. The molecule has 1 aromatic rings. The van der Waals surface area contributed by atoms with Crippen LogP contribution in [0, 0.1) is 6.92 Å². The average molecular weight is 141 g/mol. The van der Waals surface area contributed by atoms with Gasteiger partial charge in [0.1, 0.15) is 0 Å². The van der Waals surface area contributed by atoms with Gasteiger partial charge in [0.2, 0.25) is 0 Å². The van der Waals surface area contributed by atoms with Crippen molar-refractivity contribution in [3.8, 4) is 0 Å². The lowest BCUT2D eigenvalue weighted by Gasteiger charge is -1.96. The Kier molecular flexibility index (Phi) is 1.63. The largest absolute Gasteiger partial charge is 0.399 e. The third kappa shape index (κ3) is 1.36. The number of benzene rings is 1. The fraction of sp³-hybridized carbons (Fsp3) is 0. The number of nitrogens with two attached hydrogens (primary N) is 1. The van der Waals surface area contributed by atoms with Crippen molar-refractivity contribution in [3.63, 3.8) is 0 Å². The molecular weight excluding hydrogens is 134 g/mol. The quantitative estimate of drug-likeness (QED) is 0.549. The lowest BCUT2D eigenvalue weighted by molar-refractivity contribution is 1.60. The van der Waals surface area contributed by atoms with E-state index in [1.54, 1.807) is 18.2 Å². The minimum atomic E-state index is 0.657. The SMILES string of the molecule is [CH2]c1cc(N)ccc1Cl. The second-order valence-corrected chi connectivity index (χ2v) is 2.26. The molecule has 0 amide bonds.